The van der Waals surface area contributed by atoms with Gasteiger partial charge in [-0.2, -0.15) is 0 Å². The highest BCUT2D eigenvalue weighted by Gasteiger charge is 2.09. The molecule has 0 radical (unpaired) electrons. The summed E-state index contributed by atoms with van der Waals surface area (Å²) in [6, 6.07) is 8.05. The van der Waals surface area contributed by atoms with Crippen LogP contribution in [-0.4, -0.2) is 19.6 Å². The molecular weight excluding hydrogens is 236 g/mol. The van der Waals surface area contributed by atoms with Crippen LogP contribution in [0.1, 0.15) is 12.8 Å². The van der Waals surface area contributed by atoms with Crippen LogP contribution in [0.15, 0.2) is 46.7 Å². The van der Waals surface area contributed by atoms with Gasteiger partial charge in [0.25, 0.3) is 0 Å². The fourth-order valence-electron chi connectivity index (χ4n) is 1.21. The first-order valence-corrected chi connectivity index (χ1v) is 6.71. The van der Waals surface area contributed by atoms with Crippen molar-refractivity contribution in [1.82, 2.24) is 0 Å². The molecule has 0 aromatic heterocycles. The summed E-state index contributed by atoms with van der Waals surface area (Å²) in [6.07, 6.45) is 6.24. The second kappa shape index (κ2) is 6.24. The third kappa shape index (κ3) is 4.43. The molecule has 0 fully saturated rings. The van der Waals surface area contributed by atoms with E-state index < -0.39 is 15.9 Å². The van der Waals surface area contributed by atoms with Crippen LogP contribution in [0.2, 0.25) is 0 Å². The second-order valence-corrected chi connectivity index (χ2v) is 5.33. The van der Waals surface area contributed by atoms with E-state index in [9.17, 15) is 13.5 Å². The average Bonchev–Trinajstić information content (AvgIpc) is 2.35. The van der Waals surface area contributed by atoms with Crippen molar-refractivity contribution in [2.75, 3.05) is 0 Å². The lowest BCUT2D eigenvalue weighted by atomic mass is 10.2. The number of sulfone groups is 1. The SMILES string of the molecule is C#CCCC(O)/C=C/S(=O)(=O)c1ccccc1. The van der Waals surface area contributed by atoms with Crippen LogP contribution in [0.5, 0.6) is 0 Å². The molecule has 4 heteroatoms. The van der Waals surface area contributed by atoms with Crippen molar-refractivity contribution in [1.29, 1.82) is 0 Å². The summed E-state index contributed by atoms with van der Waals surface area (Å²) in [4.78, 5) is 0.209. The lowest BCUT2D eigenvalue weighted by Gasteiger charge is -2.02. The van der Waals surface area contributed by atoms with Crippen LogP contribution >= 0.6 is 0 Å². The Morgan fingerprint density at radius 2 is 2.00 bits per heavy atom. The Labute approximate surface area is 102 Å². The zero-order chi connectivity index (χ0) is 12.7. The predicted molar refractivity (Wildman–Crippen MR) is 66.8 cm³/mol. The molecule has 0 aliphatic carbocycles. The first kappa shape index (κ1) is 13.5. The van der Waals surface area contributed by atoms with Gasteiger partial charge in [-0.1, -0.05) is 18.2 Å². The summed E-state index contributed by atoms with van der Waals surface area (Å²) in [5.74, 6) is 2.38. The molecule has 0 heterocycles. The van der Waals surface area contributed by atoms with Crippen molar-refractivity contribution < 1.29 is 13.5 Å². The molecule has 0 aliphatic rings. The number of rotatable bonds is 5. The monoisotopic (exact) mass is 250 g/mol. The average molecular weight is 250 g/mol. The summed E-state index contributed by atoms with van der Waals surface area (Å²) in [5.41, 5.74) is 0. The number of aliphatic hydroxyl groups excluding tert-OH is 1. The molecule has 0 bridgehead atoms. The number of hydrogen-bond donors (Lipinski definition) is 1. The van der Waals surface area contributed by atoms with Gasteiger partial charge < -0.3 is 5.11 Å². The highest BCUT2D eigenvalue weighted by molar-refractivity contribution is 7.94. The highest BCUT2D eigenvalue weighted by atomic mass is 32.2. The standard InChI is InChI=1S/C13H14O3S/c1-2-3-7-12(14)10-11-17(15,16)13-8-5-4-6-9-13/h1,4-6,8-12,14H,3,7H2/b11-10+. The molecular formula is C13H14O3S. The van der Waals surface area contributed by atoms with E-state index in [0.29, 0.717) is 12.8 Å². The Bertz CT molecular complexity index is 509. The van der Waals surface area contributed by atoms with Crippen molar-refractivity contribution in [2.24, 2.45) is 0 Å². The minimum Gasteiger partial charge on any atom is -0.389 e. The Balaban J connectivity index is 2.75. The van der Waals surface area contributed by atoms with Gasteiger partial charge in [-0.15, -0.1) is 12.3 Å². The molecule has 17 heavy (non-hydrogen) atoms. The maximum Gasteiger partial charge on any atom is 0.199 e. The van der Waals surface area contributed by atoms with Crippen LogP contribution in [-0.2, 0) is 9.84 Å². The van der Waals surface area contributed by atoms with E-state index in [4.69, 9.17) is 6.42 Å². The Kier molecular flexibility index (Phi) is 4.95. The number of benzene rings is 1. The molecule has 0 aliphatic heterocycles. The van der Waals surface area contributed by atoms with Crippen molar-refractivity contribution in [3.63, 3.8) is 0 Å². The minimum absolute atomic E-state index is 0.209. The smallest absolute Gasteiger partial charge is 0.199 e. The number of terminal acetylenes is 1. The van der Waals surface area contributed by atoms with Crippen molar-refractivity contribution in [2.45, 2.75) is 23.8 Å². The van der Waals surface area contributed by atoms with E-state index in [1.54, 1.807) is 18.2 Å². The van der Waals surface area contributed by atoms with Crippen molar-refractivity contribution in [3.05, 3.63) is 41.8 Å². The largest absolute Gasteiger partial charge is 0.389 e. The van der Waals surface area contributed by atoms with E-state index in [-0.39, 0.29) is 4.90 Å². The summed E-state index contributed by atoms with van der Waals surface area (Å²) in [5, 5.41) is 10.5. The zero-order valence-corrected chi connectivity index (χ0v) is 10.1. The van der Waals surface area contributed by atoms with E-state index in [1.807, 2.05) is 0 Å². The topological polar surface area (TPSA) is 54.4 Å². The van der Waals surface area contributed by atoms with Crippen LogP contribution in [0.4, 0.5) is 0 Å². The highest BCUT2D eigenvalue weighted by Crippen LogP contribution is 2.12. The molecule has 1 atom stereocenters. The third-order valence-electron chi connectivity index (χ3n) is 2.14. The van der Waals surface area contributed by atoms with Crippen LogP contribution in [0.25, 0.3) is 0 Å². The van der Waals surface area contributed by atoms with Gasteiger partial charge in [0.1, 0.15) is 0 Å². The molecule has 1 aromatic rings. The summed E-state index contributed by atoms with van der Waals surface area (Å²) >= 11 is 0. The van der Waals surface area contributed by atoms with Crippen LogP contribution < -0.4 is 0 Å². The number of aliphatic hydroxyl groups is 1. The van der Waals surface area contributed by atoms with Gasteiger partial charge in [-0.25, -0.2) is 8.42 Å². The quantitative estimate of drug-likeness (QED) is 0.810. The Morgan fingerprint density at radius 1 is 1.35 bits per heavy atom. The Hall–Kier alpha value is -1.57. The Morgan fingerprint density at radius 3 is 2.59 bits per heavy atom. The maximum atomic E-state index is 11.8. The predicted octanol–water partition coefficient (Wildman–Crippen LogP) is 1.75. The molecule has 0 saturated heterocycles. The third-order valence-corrected chi connectivity index (χ3v) is 3.58. The van der Waals surface area contributed by atoms with Gasteiger partial charge in [0.2, 0.25) is 0 Å². The van der Waals surface area contributed by atoms with Crippen molar-refractivity contribution >= 4 is 9.84 Å². The van der Waals surface area contributed by atoms with Gasteiger partial charge in [-0.3, -0.25) is 0 Å². The first-order valence-electron chi connectivity index (χ1n) is 5.16. The molecule has 1 N–H and O–H groups in total. The molecule has 0 saturated carbocycles. The molecule has 3 nitrogen and oxygen atoms in total. The van der Waals surface area contributed by atoms with Gasteiger partial charge in [-0.05, 0) is 24.6 Å². The minimum atomic E-state index is -3.47. The fourth-order valence-corrected chi connectivity index (χ4v) is 2.29. The lowest BCUT2D eigenvalue weighted by Crippen LogP contribution is -2.03. The van der Waals surface area contributed by atoms with Crippen LogP contribution in [0, 0.1) is 12.3 Å². The van der Waals surface area contributed by atoms with Gasteiger partial charge >= 0.3 is 0 Å². The van der Waals surface area contributed by atoms with Gasteiger partial charge in [0, 0.05) is 11.8 Å². The normalized spacial score (nSPS) is 13.4. The van der Waals surface area contributed by atoms with E-state index in [1.165, 1.54) is 18.2 Å². The zero-order valence-electron chi connectivity index (χ0n) is 9.28. The van der Waals surface area contributed by atoms with E-state index in [0.717, 1.165) is 5.41 Å². The van der Waals surface area contributed by atoms with E-state index >= 15 is 0 Å². The summed E-state index contributed by atoms with van der Waals surface area (Å²) in [7, 11) is -3.47. The molecule has 1 aromatic carbocycles. The lowest BCUT2D eigenvalue weighted by molar-refractivity contribution is 0.215. The van der Waals surface area contributed by atoms with Crippen molar-refractivity contribution in [3.8, 4) is 12.3 Å². The maximum absolute atomic E-state index is 11.8. The fraction of sp³-hybridized carbons (Fsp3) is 0.231. The summed E-state index contributed by atoms with van der Waals surface area (Å²) in [6.45, 7) is 0. The van der Waals surface area contributed by atoms with Gasteiger partial charge in [0.05, 0.1) is 11.0 Å². The van der Waals surface area contributed by atoms with Gasteiger partial charge in [0.15, 0.2) is 9.84 Å². The number of hydrogen-bond acceptors (Lipinski definition) is 3. The van der Waals surface area contributed by atoms with Crippen LogP contribution in [0.3, 0.4) is 0 Å². The van der Waals surface area contributed by atoms with E-state index in [2.05, 4.69) is 5.92 Å². The molecule has 90 valence electrons. The molecule has 1 unspecified atom stereocenters. The second-order valence-electron chi connectivity index (χ2n) is 3.50. The summed E-state index contributed by atoms with van der Waals surface area (Å²) < 4.78 is 23.5. The first-order chi connectivity index (χ1) is 8.06. The molecule has 0 spiro atoms. The molecule has 0 amide bonds. The molecule has 1 rings (SSSR count).